The van der Waals surface area contributed by atoms with Gasteiger partial charge >= 0.3 is 0 Å². The van der Waals surface area contributed by atoms with E-state index in [0.29, 0.717) is 0 Å². The van der Waals surface area contributed by atoms with Crippen LogP contribution in [0.1, 0.15) is 11.1 Å². The maximum absolute atomic E-state index is 5.59. The van der Waals surface area contributed by atoms with E-state index >= 15 is 0 Å². The van der Waals surface area contributed by atoms with Gasteiger partial charge in [-0.3, -0.25) is 0 Å². The standard InChI is InChI=1S/C50H36N2/c1-33-23-25-39(35-15-7-3-8-16-35)45(29-33)47-31-43(37-19-11-5-12-20-37)41-27-28-42-44(38-21-13-6-14-22-38)32-48(52-50(42)49(41)51-47)46-30-34(2)24-26-40(46)36-17-9-4-10-18-36/h3-32H,1-2H3. The molecule has 0 spiro atoms. The van der Waals surface area contributed by atoms with Crippen molar-refractivity contribution in [3.8, 4) is 67.0 Å². The van der Waals surface area contributed by atoms with Crippen LogP contribution in [0.4, 0.5) is 0 Å². The molecule has 0 aliphatic carbocycles. The lowest BCUT2D eigenvalue weighted by Crippen LogP contribution is -1.97. The van der Waals surface area contributed by atoms with Crippen molar-refractivity contribution in [1.82, 2.24) is 9.97 Å². The van der Waals surface area contributed by atoms with Gasteiger partial charge in [-0.05, 0) is 82.6 Å². The summed E-state index contributed by atoms with van der Waals surface area (Å²) >= 11 is 0. The summed E-state index contributed by atoms with van der Waals surface area (Å²) in [7, 11) is 0. The molecule has 0 N–H and O–H groups in total. The lowest BCUT2D eigenvalue weighted by molar-refractivity contribution is 1.35. The van der Waals surface area contributed by atoms with E-state index in [0.717, 1.165) is 77.7 Å². The summed E-state index contributed by atoms with van der Waals surface area (Å²) in [6.07, 6.45) is 0. The number of hydrogen-bond acceptors (Lipinski definition) is 2. The van der Waals surface area contributed by atoms with Crippen LogP contribution in [0.2, 0.25) is 0 Å². The summed E-state index contributed by atoms with van der Waals surface area (Å²) in [5, 5.41) is 2.15. The predicted molar refractivity (Wildman–Crippen MR) is 219 cm³/mol. The van der Waals surface area contributed by atoms with Crippen molar-refractivity contribution in [3.63, 3.8) is 0 Å². The Balaban J connectivity index is 1.41. The summed E-state index contributed by atoms with van der Waals surface area (Å²) < 4.78 is 0. The minimum absolute atomic E-state index is 0.891. The van der Waals surface area contributed by atoms with Crippen molar-refractivity contribution < 1.29 is 0 Å². The van der Waals surface area contributed by atoms with Gasteiger partial charge < -0.3 is 0 Å². The summed E-state index contributed by atoms with van der Waals surface area (Å²) in [6, 6.07) is 64.9. The number of benzene rings is 7. The van der Waals surface area contributed by atoms with Crippen molar-refractivity contribution >= 4 is 21.8 Å². The Morgan fingerprint density at radius 1 is 0.288 bits per heavy atom. The number of aryl methyl sites for hydroxylation is 2. The molecule has 0 aliphatic heterocycles. The third-order valence-corrected chi connectivity index (χ3v) is 10.00. The van der Waals surface area contributed by atoms with Crippen LogP contribution in [0.15, 0.2) is 182 Å². The van der Waals surface area contributed by atoms with E-state index in [-0.39, 0.29) is 0 Å². The molecule has 9 aromatic rings. The average molecular weight is 665 g/mol. The number of hydrogen-bond donors (Lipinski definition) is 0. The molecule has 0 atom stereocenters. The third-order valence-electron chi connectivity index (χ3n) is 10.00. The zero-order chi connectivity index (χ0) is 35.0. The minimum atomic E-state index is 0.891. The van der Waals surface area contributed by atoms with E-state index in [1.54, 1.807) is 0 Å². The smallest absolute Gasteiger partial charge is 0.0978 e. The lowest BCUT2D eigenvalue weighted by atomic mass is 9.90. The lowest BCUT2D eigenvalue weighted by Gasteiger charge is -2.18. The zero-order valence-corrected chi connectivity index (χ0v) is 29.2. The first-order chi connectivity index (χ1) is 25.6. The molecular formula is C50H36N2. The first-order valence-corrected chi connectivity index (χ1v) is 17.8. The van der Waals surface area contributed by atoms with Crippen molar-refractivity contribution in [1.29, 1.82) is 0 Å². The Labute approximate surface area is 304 Å². The molecule has 0 saturated carbocycles. The summed E-state index contributed by atoms with van der Waals surface area (Å²) in [4.78, 5) is 11.2. The highest BCUT2D eigenvalue weighted by molar-refractivity contribution is 6.13. The second-order valence-electron chi connectivity index (χ2n) is 13.5. The Bertz CT molecular complexity index is 2530. The van der Waals surface area contributed by atoms with Gasteiger partial charge in [-0.2, -0.15) is 0 Å². The van der Waals surface area contributed by atoms with E-state index < -0.39 is 0 Å². The number of fused-ring (bicyclic) bond motifs is 3. The van der Waals surface area contributed by atoms with Crippen LogP contribution in [0.5, 0.6) is 0 Å². The molecule has 2 nitrogen and oxygen atoms in total. The molecule has 0 unspecified atom stereocenters. The molecule has 0 saturated heterocycles. The fraction of sp³-hybridized carbons (Fsp3) is 0.0400. The highest BCUT2D eigenvalue weighted by Crippen LogP contribution is 2.42. The molecule has 0 bridgehead atoms. The summed E-state index contributed by atoms with van der Waals surface area (Å²) in [6.45, 7) is 4.30. The normalized spacial score (nSPS) is 11.3. The number of nitrogens with zero attached hydrogens (tertiary/aromatic N) is 2. The molecule has 7 aromatic carbocycles. The summed E-state index contributed by atoms with van der Waals surface area (Å²) in [5.41, 5.74) is 17.4. The van der Waals surface area contributed by atoms with Gasteiger partial charge in [0.1, 0.15) is 0 Å². The van der Waals surface area contributed by atoms with Crippen LogP contribution in [0.25, 0.3) is 88.8 Å². The van der Waals surface area contributed by atoms with Gasteiger partial charge in [-0.15, -0.1) is 0 Å². The van der Waals surface area contributed by atoms with Crippen molar-refractivity contribution in [2.45, 2.75) is 13.8 Å². The molecule has 246 valence electrons. The third kappa shape index (κ3) is 5.75. The highest BCUT2D eigenvalue weighted by Gasteiger charge is 2.20. The average Bonchev–Trinajstić information content (AvgIpc) is 3.21. The Kier molecular flexibility index (Phi) is 7.98. The second kappa shape index (κ2) is 13.2. The Hall–Kier alpha value is -6.64. The molecule has 2 heterocycles. The van der Waals surface area contributed by atoms with Gasteiger partial charge in [-0.1, -0.05) is 169 Å². The number of pyridine rings is 2. The van der Waals surface area contributed by atoms with Gasteiger partial charge in [0.2, 0.25) is 0 Å². The van der Waals surface area contributed by atoms with Gasteiger partial charge in [0.25, 0.3) is 0 Å². The van der Waals surface area contributed by atoms with Gasteiger partial charge in [-0.25, -0.2) is 9.97 Å². The molecule has 0 amide bonds. The van der Waals surface area contributed by atoms with E-state index in [2.05, 4.69) is 196 Å². The first kappa shape index (κ1) is 31.3. The van der Waals surface area contributed by atoms with Crippen LogP contribution in [0.3, 0.4) is 0 Å². The molecular weight excluding hydrogens is 629 g/mol. The quantitative estimate of drug-likeness (QED) is 0.165. The minimum Gasteiger partial charge on any atom is -0.245 e. The molecule has 0 radical (unpaired) electrons. The number of aromatic nitrogens is 2. The summed E-state index contributed by atoms with van der Waals surface area (Å²) in [5.74, 6) is 0. The molecule has 0 fully saturated rings. The fourth-order valence-electron chi connectivity index (χ4n) is 7.44. The Morgan fingerprint density at radius 2 is 0.615 bits per heavy atom. The number of rotatable bonds is 6. The molecule has 52 heavy (non-hydrogen) atoms. The van der Waals surface area contributed by atoms with Crippen molar-refractivity contribution in [3.05, 3.63) is 193 Å². The molecule has 2 heteroatoms. The Morgan fingerprint density at radius 3 is 0.962 bits per heavy atom. The molecule has 2 aromatic heterocycles. The van der Waals surface area contributed by atoms with Crippen LogP contribution in [0, 0.1) is 13.8 Å². The second-order valence-corrected chi connectivity index (χ2v) is 13.5. The zero-order valence-electron chi connectivity index (χ0n) is 29.2. The first-order valence-electron chi connectivity index (χ1n) is 17.8. The van der Waals surface area contributed by atoms with E-state index in [4.69, 9.17) is 9.97 Å². The fourth-order valence-corrected chi connectivity index (χ4v) is 7.44. The molecule has 9 rings (SSSR count). The van der Waals surface area contributed by atoms with Gasteiger partial charge in [0, 0.05) is 21.9 Å². The molecule has 0 aliphatic rings. The van der Waals surface area contributed by atoms with Crippen molar-refractivity contribution in [2.24, 2.45) is 0 Å². The monoisotopic (exact) mass is 664 g/mol. The van der Waals surface area contributed by atoms with Gasteiger partial charge in [0.15, 0.2) is 0 Å². The van der Waals surface area contributed by atoms with Crippen LogP contribution >= 0.6 is 0 Å². The SMILES string of the molecule is Cc1ccc(-c2ccccc2)c(-c2cc(-c3ccccc3)c3ccc4c(-c5ccccc5)cc(-c5cc(C)ccc5-c5ccccc5)nc4c3n2)c1. The van der Waals surface area contributed by atoms with E-state index in [1.165, 1.54) is 22.3 Å². The van der Waals surface area contributed by atoms with E-state index in [9.17, 15) is 0 Å². The van der Waals surface area contributed by atoms with Crippen molar-refractivity contribution in [2.75, 3.05) is 0 Å². The van der Waals surface area contributed by atoms with Crippen LogP contribution in [-0.2, 0) is 0 Å². The largest absolute Gasteiger partial charge is 0.245 e. The predicted octanol–water partition coefficient (Wildman–Crippen LogP) is 13.4. The van der Waals surface area contributed by atoms with Crippen LogP contribution in [-0.4, -0.2) is 9.97 Å². The van der Waals surface area contributed by atoms with E-state index in [1.807, 2.05) is 0 Å². The highest BCUT2D eigenvalue weighted by atomic mass is 14.8. The van der Waals surface area contributed by atoms with Crippen LogP contribution < -0.4 is 0 Å². The topological polar surface area (TPSA) is 25.8 Å². The maximum Gasteiger partial charge on any atom is 0.0978 e. The maximum atomic E-state index is 5.59. The van der Waals surface area contributed by atoms with Gasteiger partial charge in [0.05, 0.1) is 22.4 Å².